The molecule has 1 aliphatic heterocycles. The zero-order valence-electron chi connectivity index (χ0n) is 16.6. The average molecular weight is 398 g/mol. The van der Waals surface area contributed by atoms with Crippen LogP contribution in [0.5, 0.6) is 0 Å². The third-order valence-electron chi connectivity index (χ3n) is 4.84. The second-order valence-electron chi connectivity index (χ2n) is 7.33. The molecule has 27 heavy (non-hydrogen) atoms. The lowest BCUT2D eigenvalue weighted by atomic mass is 10.0. The van der Waals surface area contributed by atoms with E-state index in [4.69, 9.17) is 4.74 Å². The first-order valence-electron chi connectivity index (χ1n) is 9.38. The van der Waals surface area contributed by atoms with Gasteiger partial charge in [-0.05, 0) is 44.0 Å². The number of morpholine rings is 1. The van der Waals surface area contributed by atoms with Gasteiger partial charge in [0.1, 0.15) is 0 Å². The van der Waals surface area contributed by atoms with E-state index < -0.39 is 10.0 Å². The Balaban J connectivity index is 2.11. The van der Waals surface area contributed by atoms with E-state index in [1.165, 1.54) is 19.2 Å². The maximum atomic E-state index is 12.7. The summed E-state index contributed by atoms with van der Waals surface area (Å²) >= 11 is 0. The fourth-order valence-corrected chi connectivity index (χ4v) is 4.04. The van der Waals surface area contributed by atoms with Gasteiger partial charge in [0.25, 0.3) is 5.91 Å². The van der Waals surface area contributed by atoms with Crippen molar-refractivity contribution in [3.8, 4) is 0 Å². The highest BCUT2D eigenvalue weighted by molar-refractivity contribution is 7.89. The van der Waals surface area contributed by atoms with Gasteiger partial charge in [-0.3, -0.25) is 9.69 Å². The summed E-state index contributed by atoms with van der Waals surface area (Å²) in [6.45, 7) is 9.83. The van der Waals surface area contributed by atoms with Gasteiger partial charge in [0.15, 0.2) is 0 Å². The first-order valence-corrected chi connectivity index (χ1v) is 10.9. The predicted octanol–water partition coefficient (Wildman–Crippen LogP) is 1.38. The summed E-state index contributed by atoms with van der Waals surface area (Å²) in [5.74, 6) is 0.267. The number of hydrogen-bond acceptors (Lipinski definition) is 5. The van der Waals surface area contributed by atoms with Crippen LogP contribution in [0.15, 0.2) is 23.1 Å². The molecule has 1 heterocycles. The highest BCUT2D eigenvalue weighted by Gasteiger charge is 2.23. The summed E-state index contributed by atoms with van der Waals surface area (Å²) in [5.41, 5.74) is 1.13. The van der Waals surface area contributed by atoms with Crippen LogP contribution in [0.1, 0.15) is 36.2 Å². The van der Waals surface area contributed by atoms with Crippen molar-refractivity contribution in [1.82, 2.24) is 14.9 Å². The summed E-state index contributed by atoms with van der Waals surface area (Å²) in [6.07, 6.45) is 0.980. The number of carbonyl (C=O) groups is 1. The molecule has 0 saturated carbocycles. The second kappa shape index (κ2) is 9.64. The van der Waals surface area contributed by atoms with Gasteiger partial charge in [-0.25, -0.2) is 13.1 Å². The third-order valence-corrected chi connectivity index (χ3v) is 6.25. The molecule has 0 radical (unpaired) electrons. The van der Waals surface area contributed by atoms with Crippen LogP contribution in [0.2, 0.25) is 0 Å². The van der Waals surface area contributed by atoms with Gasteiger partial charge in [-0.1, -0.05) is 19.9 Å². The molecule has 7 nitrogen and oxygen atoms in total. The Kier molecular flexibility index (Phi) is 7.79. The number of carbonyl (C=O) groups excluding carboxylic acids is 1. The van der Waals surface area contributed by atoms with Crippen molar-refractivity contribution in [2.45, 2.75) is 38.1 Å². The number of aryl methyl sites for hydroxylation is 1. The van der Waals surface area contributed by atoms with E-state index in [1.807, 2.05) is 0 Å². The Morgan fingerprint density at radius 1 is 1.26 bits per heavy atom. The first kappa shape index (κ1) is 21.8. The molecule has 1 aromatic rings. The van der Waals surface area contributed by atoms with Crippen LogP contribution in [0.4, 0.5) is 0 Å². The molecule has 2 rings (SSSR count). The van der Waals surface area contributed by atoms with E-state index in [9.17, 15) is 13.2 Å². The standard InChI is InChI=1S/C19H31N3O4S/c1-14(2)11-16(22-7-9-26-10-8-22)13-21-19(23)18-12-17(6-5-15(18)3)27(24,25)20-4/h5-6,12,14,16,20H,7-11,13H2,1-4H3,(H,21,23). The van der Waals surface area contributed by atoms with Gasteiger partial charge in [0, 0.05) is 31.2 Å². The molecule has 0 spiro atoms. The van der Waals surface area contributed by atoms with E-state index in [1.54, 1.807) is 13.0 Å². The fourth-order valence-electron chi connectivity index (χ4n) is 3.28. The van der Waals surface area contributed by atoms with Crippen LogP contribution in [0, 0.1) is 12.8 Å². The number of nitrogens with one attached hydrogen (secondary N) is 2. The lowest BCUT2D eigenvalue weighted by Crippen LogP contribution is -2.49. The molecule has 1 unspecified atom stereocenters. The molecule has 152 valence electrons. The topological polar surface area (TPSA) is 87.7 Å². The normalized spacial score (nSPS) is 17.1. The van der Waals surface area contributed by atoms with E-state index >= 15 is 0 Å². The first-order chi connectivity index (χ1) is 12.7. The van der Waals surface area contributed by atoms with Gasteiger partial charge in [0.05, 0.1) is 18.1 Å². The molecule has 1 atom stereocenters. The van der Waals surface area contributed by atoms with Gasteiger partial charge in [-0.2, -0.15) is 0 Å². The van der Waals surface area contributed by atoms with Crippen LogP contribution in [0.3, 0.4) is 0 Å². The van der Waals surface area contributed by atoms with Crippen molar-refractivity contribution in [1.29, 1.82) is 0 Å². The van der Waals surface area contributed by atoms with Crippen LogP contribution in [-0.4, -0.2) is 65.2 Å². The zero-order valence-corrected chi connectivity index (χ0v) is 17.4. The van der Waals surface area contributed by atoms with Gasteiger partial charge in [0.2, 0.25) is 10.0 Å². The van der Waals surface area contributed by atoms with Crippen molar-refractivity contribution >= 4 is 15.9 Å². The summed E-state index contributed by atoms with van der Waals surface area (Å²) < 4.78 is 31.7. The highest BCUT2D eigenvalue weighted by atomic mass is 32.2. The average Bonchev–Trinajstić information content (AvgIpc) is 2.65. The van der Waals surface area contributed by atoms with E-state index in [0.717, 1.165) is 25.1 Å². The minimum Gasteiger partial charge on any atom is -0.379 e. The molecular weight excluding hydrogens is 366 g/mol. The monoisotopic (exact) mass is 397 g/mol. The van der Waals surface area contributed by atoms with Crippen LogP contribution in [-0.2, 0) is 14.8 Å². The third kappa shape index (κ3) is 6.00. The van der Waals surface area contributed by atoms with Crippen LogP contribution >= 0.6 is 0 Å². The number of benzene rings is 1. The van der Waals surface area contributed by atoms with Crippen molar-refractivity contribution in [2.24, 2.45) is 5.92 Å². The molecule has 1 amide bonds. The molecular formula is C19H31N3O4S. The SMILES string of the molecule is CNS(=O)(=O)c1ccc(C)c(C(=O)NCC(CC(C)C)N2CCOCC2)c1. The Bertz CT molecular complexity index is 743. The highest BCUT2D eigenvalue weighted by Crippen LogP contribution is 2.17. The van der Waals surface area contributed by atoms with Crippen molar-refractivity contribution in [2.75, 3.05) is 39.9 Å². The molecule has 1 saturated heterocycles. The number of nitrogens with zero attached hydrogens (tertiary/aromatic N) is 1. The number of ether oxygens (including phenoxy) is 1. The number of amides is 1. The minimum atomic E-state index is -3.59. The predicted molar refractivity (Wildman–Crippen MR) is 105 cm³/mol. The summed E-state index contributed by atoms with van der Waals surface area (Å²) in [4.78, 5) is 15.2. The van der Waals surface area contributed by atoms with Crippen LogP contribution in [0.25, 0.3) is 0 Å². The van der Waals surface area contributed by atoms with Crippen molar-refractivity contribution in [3.63, 3.8) is 0 Å². The number of hydrogen-bond donors (Lipinski definition) is 2. The number of rotatable bonds is 8. The smallest absolute Gasteiger partial charge is 0.251 e. The van der Waals surface area contributed by atoms with Crippen molar-refractivity contribution in [3.05, 3.63) is 29.3 Å². The second-order valence-corrected chi connectivity index (χ2v) is 9.21. The summed E-state index contributed by atoms with van der Waals surface area (Å²) in [5, 5.41) is 3.00. The fraction of sp³-hybridized carbons (Fsp3) is 0.632. The molecule has 0 aliphatic carbocycles. The molecule has 0 bridgehead atoms. The Morgan fingerprint density at radius 2 is 1.93 bits per heavy atom. The quantitative estimate of drug-likeness (QED) is 0.692. The minimum absolute atomic E-state index is 0.0904. The summed E-state index contributed by atoms with van der Waals surface area (Å²) in [7, 11) is -2.23. The Labute approximate surface area is 162 Å². The maximum Gasteiger partial charge on any atom is 0.251 e. The Morgan fingerprint density at radius 3 is 2.52 bits per heavy atom. The largest absolute Gasteiger partial charge is 0.379 e. The Hall–Kier alpha value is -1.48. The van der Waals surface area contributed by atoms with Gasteiger partial charge in [-0.15, -0.1) is 0 Å². The van der Waals surface area contributed by atoms with E-state index in [0.29, 0.717) is 31.2 Å². The zero-order chi connectivity index (χ0) is 20.0. The van der Waals surface area contributed by atoms with Gasteiger partial charge < -0.3 is 10.1 Å². The van der Waals surface area contributed by atoms with Crippen LogP contribution < -0.4 is 10.0 Å². The molecule has 1 fully saturated rings. The molecule has 1 aliphatic rings. The summed E-state index contributed by atoms with van der Waals surface area (Å²) in [6, 6.07) is 4.84. The maximum absolute atomic E-state index is 12.7. The van der Waals surface area contributed by atoms with Crippen molar-refractivity contribution < 1.29 is 17.9 Å². The molecule has 0 aromatic heterocycles. The molecule has 2 N–H and O–H groups in total. The molecule has 1 aromatic carbocycles. The molecule has 8 heteroatoms. The van der Waals surface area contributed by atoms with E-state index in [2.05, 4.69) is 28.8 Å². The number of sulfonamides is 1. The van der Waals surface area contributed by atoms with Gasteiger partial charge >= 0.3 is 0 Å². The van der Waals surface area contributed by atoms with E-state index in [-0.39, 0.29) is 16.8 Å². The lowest BCUT2D eigenvalue weighted by Gasteiger charge is -2.35. The lowest BCUT2D eigenvalue weighted by molar-refractivity contribution is 0.0124.